The molecule has 2 aromatic carbocycles. The van der Waals surface area contributed by atoms with Crippen LogP contribution in [0, 0.1) is 0 Å². The highest BCUT2D eigenvalue weighted by Gasteiger charge is 2.50. The molecule has 0 amide bonds. The molecule has 0 aliphatic heterocycles. The highest BCUT2D eigenvalue weighted by atomic mass is 35.6. The highest BCUT2D eigenvalue weighted by molar-refractivity contribution is 6.67. The van der Waals surface area contributed by atoms with E-state index in [2.05, 4.69) is 0 Å². The van der Waals surface area contributed by atoms with Crippen LogP contribution in [0.15, 0.2) is 48.5 Å². The number of hydrogen-bond donors (Lipinski definition) is 0. The fraction of sp³-hybridized carbons (Fsp3) is 0.250. The van der Waals surface area contributed by atoms with Crippen LogP contribution in [-0.4, -0.2) is 0 Å². The summed E-state index contributed by atoms with van der Waals surface area (Å²) in [5.41, 5.74) is 1.71. The Morgan fingerprint density at radius 3 is 0.731 bits per heavy atom. The van der Waals surface area contributed by atoms with Crippen LogP contribution >= 0.6 is 116 Å². The summed E-state index contributed by atoms with van der Waals surface area (Å²) < 4.78 is -6.59. The lowest BCUT2D eigenvalue weighted by Gasteiger charge is -2.34. The van der Waals surface area contributed by atoms with Crippen molar-refractivity contribution in [1.29, 1.82) is 0 Å². The molecule has 0 heterocycles. The smallest absolute Gasteiger partial charge is 0.0925 e. The van der Waals surface area contributed by atoms with E-state index in [-0.39, 0.29) is 0 Å². The molecule has 0 unspecified atom stereocenters. The molecule has 0 saturated carbocycles. The predicted octanol–water partition coefficient (Wildman–Crippen LogP) is 9.30. The van der Waals surface area contributed by atoms with Crippen molar-refractivity contribution in [2.24, 2.45) is 0 Å². The van der Waals surface area contributed by atoms with E-state index in [1.54, 1.807) is 48.5 Å². The molecule has 0 N–H and O–H groups in total. The molecular weight excluding hydrogens is 547 g/mol. The molecule has 0 nitrogen and oxygen atoms in total. The number of alkyl halides is 10. The SMILES string of the molecule is ClC(Cl)(Cl)c1ccc(C(Cl)(Cl)C(Cl)(Cl)c2ccc(C(Cl)(Cl)Cl)cc2)cc1. The van der Waals surface area contributed by atoms with E-state index in [1.807, 2.05) is 0 Å². The van der Waals surface area contributed by atoms with E-state index in [0.29, 0.717) is 22.3 Å². The van der Waals surface area contributed by atoms with Gasteiger partial charge in [-0.05, 0) is 11.1 Å². The molecule has 0 atom stereocenters. The van der Waals surface area contributed by atoms with Crippen molar-refractivity contribution in [2.75, 3.05) is 0 Å². The van der Waals surface area contributed by atoms with Crippen LogP contribution in [0.4, 0.5) is 0 Å². The van der Waals surface area contributed by atoms with Gasteiger partial charge < -0.3 is 0 Å². The zero-order chi connectivity index (χ0) is 20.0. The monoisotopic (exact) mass is 550 g/mol. The summed E-state index contributed by atoms with van der Waals surface area (Å²) in [7, 11) is 0. The quantitative estimate of drug-likeness (QED) is 0.332. The summed E-state index contributed by atoms with van der Waals surface area (Å²) >= 11 is 61.1. The summed E-state index contributed by atoms with van der Waals surface area (Å²) in [6.07, 6.45) is 0. The average molecular weight is 555 g/mol. The normalized spacial score (nSPS) is 13.8. The fourth-order valence-electron chi connectivity index (χ4n) is 2.10. The number of rotatable bonds is 3. The van der Waals surface area contributed by atoms with Gasteiger partial charge in [0.2, 0.25) is 7.59 Å². The second kappa shape index (κ2) is 8.23. The summed E-state index contributed by atoms with van der Waals surface area (Å²) in [5.74, 6) is 0. The topological polar surface area (TPSA) is 0 Å². The number of hydrogen-bond acceptors (Lipinski definition) is 0. The van der Waals surface area contributed by atoms with Gasteiger partial charge in [-0.1, -0.05) is 165 Å². The van der Waals surface area contributed by atoms with Crippen LogP contribution in [0.25, 0.3) is 0 Å². The van der Waals surface area contributed by atoms with E-state index < -0.39 is 16.3 Å². The lowest BCUT2D eigenvalue weighted by Crippen LogP contribution is -2.31. The van der Waals surface area contributed by atoms with Crippen LogP contribution in [-0.2, 0) is 16.3 Å². The maximum Gasteiger partial charge on any atom is 0.216 e. The average Bonchev–Trinajstić information content (AvgIpc) is 2.53. The molecule has 0 aliphatic rings. The van der Waals surface area contributed by atoms with E-state index in [1.165, 1.54) is 0 Å². The van der Waals surface area contributed by atoms with Gasteiger partial charge in [0.25, 0.3) is 0 Å². The van der Waals surface area contributed by atoms with Gasteiger partial charge in [-0.3, -0.25) is 0 Å². The van der Waals surface area contributed by atoms with Gasteiger partial charge >= 0.3 is 0 Å². The summed E-state index contributed by atoms with van der Waals surface area (Å²) in [5, 5.41) is 0. The van der Waals surface area contributed by atoms with Crippen LogP contribution in [0.3, 0.4) is 0 Å². The summed E-state index contributed by atoms with van der Waals surface area (Å²) in [6, 6.07) is 12.6. The molecule has 0 aromatic heterocycles. The zero-order valence-corrected chi connectivity index (χ0v) is 20.0. The lowest BCUT2D eigenvalue weighted by atomic mass is 10.00. The van der Waals surface area contributed by atoms with Crippen molar-refractivity contribution < 1.29 is 0 Å². The van der Waals surface area contributed by atoms with Crippen LogP contribution < -0.4 is 0 Å². The van der Waals surface area contributed by atoms with Gasteiger partial charge in [-0.25, -0.2) is 0 Å². The van der Waals surface area contributed by atoms with Crippen molar-refractivity contribution in [1.82, 2.24) is 0 Å². The number of benzene rings is 2. The number of halogens is 10. The first-order valence-corrected chi connectivity index (χ1v) is 10.6. The van der Waals surface area contributed by atoms with Crippen LogP contribution in [0.2, 0.25) is 0 Å². The molecule has 26 heavy (non-hydrogen) atoms. The van der Waals surface area contributed by atoms with Crippen LogP contribution in [0.1, 0.15) is 22.3 Å². The lowest BCUT2D eigenvalue weighted by molar-refractivity contribution is 0.731. The Morgan fingerprint density at radius 2 is 0.538 bits per heavy atom. The van der Waals surface area contributed by atoms with E-state index in [4.69, 9.17) is 116 Å². The minimum Gasteiger partial charge on any atom is -0.0925 e. The van der Waals surface area contributed by atoms with E-state index in [0.717, 1.165) is 0 Å². The molecule has 0 radical (unpaired) electrons. The van der Waals surface area contributed by atoms with Crippen molar-refractivity contribution >= 4 is 116 Å². The molecule has 0 aliphatic carbocycles. The molecule has 2 rings (SSSR count). The van der Waals surface area contributed by atoms with Crippen molar-refractivity contribution in [3.8, 4) is 0 Å². The molecule has 142 valence electrons. The second-order valence-electron chi connectivity index (χ2n) is 5.30. The standard InChI is InChI=1S/C16H8Cl10/c17-13(18,9-1-5-11(6-2-9)15(21,22)23)14(19,20)10-3-7-12(8-4-10)16(24,25)26/h1-8H. The van der Waals surface area contributed by atoms with E-state index in [9.17, 15) is 0 Å². The maximum absolute atomic E-state index is 6.51. The maximum atomic E-state index is 6.51. The Hall–Kier alpha value is 1.34. The van der Waals surface area contributed by atoms with Gasteiger partial charge in [-0.2, -0.15) is 0 Å². The Labute approximate surface area is 201 Å². The molecule has 0 bridgehead atoms. The third-order valence-corrected chi connectivity index (χ3v) is 7.25. The van der Waals surface area contributed by atoms with Crippen molar-refractivity contribution in [2.45, 2.75) is 16.3 Å². The van der Waals surface area contributed by atoms with Crippen LogP contribution in [0.5, 0.6) is 0 Å². The molecule has 2 aromatic rings. The minimum absolute atomic E-state index is 0.411. The first kappa shape index (κ1) is 23.6. The Morgan fingerprint density at radius 1 is 0.346 bits per heavy atom. The minimum atomic E-state index is -1.72. The molecular formula is C16H8Cl10. The van der Waals surface area contributed by atoms with Gasteiger partial charge in [0.1, 0.15) is 0 Å². The largest absolute Gasteiger partial charge is 0.216 e. The first-order chi connectivity index (χ1) is 11.7. The Bertz CT molecular complexity index is 684. The predicted molar refractivity (Wildman–Crippen MR) is 118 cm³/mol. The molecule has 0 fully saturated rings. The third-order valence-electron chi connectivity index (χ3n) is 3.54. The third kappa shape index (κ3) is 5.08. The van der Waals surface area contributed by atoms with Crippen molar-refractivity contribution in [3.63, 3.8) is 0 Å². The summed E-state index contributed by atoms with van der Waals surface area (Å²) in [6.45, 7) is 0. The van der Waals surface area contributed by atoms with Gasteiger partial charge in [0.15, 0.2) is 8.67 Å². The Kier molecular flexibility index (Phi) is 7.47. The second-order valence-corrected chi connectivity index (χ2v) is 12.5. The molecule has 0 spiro atoms. The summed E-state index contributed by atoms with van der Waals surface area (Å²) in [4.78, 5) is 0. The first-order valence-electron chi connectivity index (χ1n) is 6.78. The van der Waals surface area contributed by atoms with Gasteiger partial charge in [-0.15, -0.1) is 0 Å². The fourth-order valence-corrected chi connectivity index (χ4v) is 3.80. The van der Waals surface area contributed by atoms with E-state index >= 15 is 0 Å². The highest BCUT2D eigenvalue weighted by Crippen LogP contribution is 2.57. The Balaban J connectivity index is 2.40. The molecule has 10 heteroatoms. The van der Waals surface area contributed by atoms with Gasteiger partial charge in [0.05, 0.1) is 0 Å². The molecule has 0 saturated heterocycles. The van der Waals surface area contributed by atoms with Crippen molar-refractivity contribution in [3.05, 3.63) is 70.8 Å². The zero-order valence-electron chi connectivity index (χ0n) is 12.4. The van der Waals surface area contributed by atoms with Gasteiger partial charge in [0, 0.05) is 11.1 Å².